The minimum atomic E-state index is -0.518. The molecule has 0 bridgehead atoms. The van der Waals surface area contributed by atoms with Crippen LogP contribution in [0.4, 0.5) is 4.39 Å². The van der Waals surface area contributed by atoms with Crippen LogP contribution in [0.1, 0.15) is 70.5 Å². The van der Waals surface area contributed by atoms with Crippen LogP contribution in [0.3, 0.4) is 0 Å². The molecule has 0 aliphatic rings. The van der Waals surface area contributed by atoms with Crippen LogP contribution in [0, 0.1) is 0 Å². The molecule has 1 unspecified atom stereocenters. The Kier molecular flexibility index (Phi) is 6.82. The van der Waals surface area contributed by atoms with E-state index < -0.39 is 6.67 Å². The Labute approximate surface area is 103 Å². The summed E-state index contributed by atoms with van der Waals surface area (Å²) in [4.78, 5) is 0. The number of hydrogen-bond donors (Lipinski definition) is 0. The molecule has 3 nitrogen and oxygen atoms in total. The zero-order valence-corrected chi connectivity index (χ0v) is 11.0. The minimum Gasteiger partial charge on any atom is -0.249 e. The van der Waals surface area contributed by atoms with E-state index in [9.17, 15) is 4.39 Å². The number of nitrogens with zero attached hydrogens (tertiary/aromatic N) is 3. The first-order chi connectivity index (χ1) is 8.31. The summed E-state index contributed by atoms with van der Waals surface area (Å²) in [6.07, 6.45) is 10.1. The van der Waals surface area contributed by atoms with E-state index in [4.69, 9.17) is 0 Å². The van der Waals surface area contributed by atoms with Gasteiger partial charge in [-0.25, -0.2) is 9.07 Å². The summed E-state index contributed by atoms with van der Waals surface area (Å²) in [5.74, 6) is 0. The second kappa shape index (κ2) is 8.20. The van der Waals surface area contributed by atoms with Crippen molar-refractivity contribution in [2.24, 2.45) is 0 Å². The standard InChI is InChI=1S/C13H24FN3/c1-3-5-7-9-13(8-6-4-2)17-11-12(10-14)15-16-17/h11,13H,3-10H2,1-2H3. The second-order valence-corrected chi connectivity index (χ2v) is 4.62. The molecule has 1 heterocycles. The molecule has 0 saturated heterocycles. The third-order valence-electron chi connectivity index (χ3n) is 3.10. The van der Waals surface area contributed by atoms with E-state index in [0.29, 0.717) is 11.7 Å². The molecule has 1 rings (SSSR count). The van der Waals surface area contributed by atoms with Crippen LogP contribution in [-0.4, -0.2) is 15.0 Å². The van der Waals surface area contributed by atoms with Crippen LogP contribution in [0.15, 0.2) is 6.20 Å². The van der Waals surface area contributed by atoms with Crippen molar-refractivity contribution in [3.05, 3.63) is 11.9 Å². The lowest BCUT2D eigenvalue weighted by Gasteiger charge is -2.16. The van der Waals surface area contributed by atoms with Crippen molar-refractivity contribution in [1.82, 2.24) is 15.0 Å². The molecule has 0 saturated carbocycles. The van der Waals surface area contributed by atoms with E-state index in [2.05, 4.69) is 24.2 Å². The maximum atomic E-state index is 12.4. The largest absolute Gasteiger partial charge is 0.249 e. The molecule has 0 N–H and O–H groups in total. The fourth-order valence-electron chi connectivity index (χ4n) is 2.03. The number of halogens is 1. The highest BCUT2D eigenvalue weighted by molar-refractivity contribution is 4.90. The van der Waals surface area contributed by atoms with E-state index >= 15 is 0 Å². The molecule has 0 spiro atoms. The van der Waals surface area contributed by atoms with Gasteiger partial charge < -0.3 is 0 Å². The van der Waals surface area contributed by atoms with Gasteiger partial charge in [0.1, 0.15) is 12.4 Å². The molecule has 0 amide bonds. The lowest BCUT2D eigenvalue weighted by atomic mass is 10.0. The molecule has 0 radical (unpaired) electrons. The van der Waals surface area contributed by atoms with Crippen LogP contribution >= 0.6 is 0 Å². The van der Waals surface area contributed by atoms with Gasteiger partial charge in [-0.05, 0) is 12.8 Å². The SMILES string of the molecule is CCCCCC(CCCC)n1cc(CF)nn1. The average Bonchev–Trinajstić information content (AvgIpc) is 2.82. The van der Waals surface area contributed by atoms with Crippen LogP contribution in [-0.2, 0) is 6.67 Å². The first-order valence-corrected chi connectivity index (χ1v) is 6.78. The molecule has 1 atom stereocenters. The van der Waals surface area contributed by atoms with Crippen LogP contribution in [0.25, 0.3) is 0 Å². The topological polar surface area (TPSA) is 30.7 Å². The van der Waals surface area contributed by atoms with Crippen molar-refractivity contribution in [3.8, 4) is 0 Å². The molecule has 0 aromatic carbocycles. The van der Waals surface area contributed by atoms with Gasteiger partial charge in [0.05, 0.1) is 12.2 Å². The fraction of sp³-hybridized carbons (Fsp3) is 0.846. The van der Waals surface area contributed by atoms with Gasteiger partial charge in [0.25, 0.3) is 0 Å². The van der Waals surface area contributed by atoms with Gasteiger partial charge in [-0.3, -0.25) is 0 Å². The van der Waals surface area contributed by atoms with Crippen molar-refractivity contribution >= 4 is 0 Å². The smallest absolute Gasteiger partial charge is 0.135 e. The predicted molar refractivity (Wildman–Crippen MR) is 67.5 cm³/mol. The zero-order chi connectivity index (χ0) is 12.5. The normalized spacial score (nSPS) is 12.9. The maximum Gasteiger partial charge on any atom is 0.135 e. The summed E-state index contributed by atoms with van der Waals surface area (Å²) in [6, 6.07) is 0.397. The first-order valence-electron chi connectivity index (χ1n) is 6.78. The van der Waals surface area contributed by atoms with Crippen molar-refractivity contribution < 1.29 is 4.39 Å². The van der Waals surface area contributed by atoms with E-state index in [1.165, 1.54) is 32.1 Å². The second-order valence-electron chi connectivity index (χ2n) is 4.62. The summed E-state index contributed by atoms with van der Waals surface area (Å²) in [5.41, 5.74) is 0.446. The first kappa shape index (κ1) is 14.1. The monoisotopic (exact) mass is 241 g/mol. The molecule has 1 aromatic heterocycles. The molecule has 98 valence electrons. The number of aromatic nitrogens is 3. The van der Waals surface area contributed by atoms with Crippen molar-refractivity contribution in [2.75, 3.05) is 0 Å². The highest BCUT2D eigenvalue weighted by Gasteiger charge is 2.12. The van der Waals surface area contributed by atoms with E-state index in [1.54, 1.807) is 6.20 Å². The number of hydrogen-bond acceptors (Lipinski definition) is 2. The summed E-state index contributed by atoms with van der Waals surface area (Å²) in [5, 5.41) is 7.88. The maximum absolute atomic E-state index is 12.4. The zero-order valence-electron chi connectivity index (χ0n) is 11.0. The highest BCUT2D eigenvalue weighted by Crippen LogP contribution is 2.21. The van der Waals surface area contributed by atoms with Gasteiger partial charge in [0, 0.05) is 0 Å². The number of alkyl halides is 1. The Balaban J connectivity index is 2.54. The van der Waals surface area contributed by atoms with E-state index in [-0.39, 0.29) is 0 Å². The van der Waals surface area contributed by atoms with Crippen molar-refractivity contribution in [2.45, 2.75) is 71.5 Å². The Morgan fingerprint density at radius 3 is 2.47 bits per heavy atom. The van der Waals surface area contributed by atoms with Gasteiger partial charge in [0.15, 0.2) is 0 Å². The van der Waals surface area contributed by atoms with E-state index in [0.717, 1.165) is 12.8 Å². The fourth-order valence-corrected chi connectivity index (χ4v) is 2.03. The Morgan fingerprint density at radius 2 is 1.88 bits per heavy atom. The average molecular weight is 241 g/mol. The van der Waals surface area contributed by atoms with Crippen LogP contribution in [0.5, 0.6) is 0 Å². The molecule has 0 aliphatic carbocycles. The molecule has 0 fully saturated rings. The van der Waals surface area contributed by atoms with Crippen molar-refractivity contribution in [3.63, 3.8) is 0 Å². The van der Waals surface area contributed by atoms with Gasteiger partial charge in [-0.1, -0.05) is 51.2 Å². The Hall–Kier alpha value is -0.930. The Morgan fingerprint density at radius 1 is 1.18 bits per heavy atom. The number of rotatable bonds is 9. The molecule has 17 heavy (non-hydrogen) atoms. The minimum absolute atomic E-state index is 0.397. The Bertz CT molecular complexity index is 299. The molecule has 0 aliphatic heterocycles. The lowest BCUT2D eigenvalue weighted by molar-refractivity contribution is 0.367. The quantitative estimate of drug-likeness (QED) is 0.610. The third-order valence-corrected chi connectivity index (χ3v) is 3.10. The van der Waals surface area contributed by atoms with Gasteiger partial charge in [-0.15, -0.1) is 5.10 Å². The predicted octanol–water partition coefficient (Wildman–Crippen LogP) is 4.06. The molecule has 4 heteroatoms. The van der Waals surface area contributed by atoms with E-state index in [1.807, 2.05) is 4.68 Å². The lowest BCUT2D eigenvalue weighted by Crippen LogP contribution is -2.10. The van der Waals surface area contributed by atoms with Crippen molar-refractivity contribution in [1.29, 1.82) is 0 Å². The summed E-state index contributed by atoms with van der Waals surface area (Å²) in [7, 11) is 0. The van der Waals surface area contributed by atoms with Gasteiger partial charge in [-0.2, -0.15) is 0 Å². The third kappa shape index (κ3) is 4.84. The highest BCUT2D eigenvalue weighted by atomic mass is 19.1. The van der Waals surface area contributed by atoms with Gasteiger partial charge in [0.2, 0.25) is 0 Å². The summed E-state index contributed by atoms with van der Waals surface area (Å²) < 4.78 is 14.3. The molecular weight excluding hydrogens is 217 g/mol. The summed E-state index contributed by atoms with van der Waals surface area (Å²) >= 11 is 0. The molecular formula is C13H24FN3. The molecule has 1 aromatic rings. The van der Waals surface area contributed by atoms with Crippen LogP contribution < -0.4 is 0 Å². The van der Waals surface area contributed by atoms with Crippen LogP contribution in [0.2, 0.25) is 0 Å². The van der Waals surface area contributed by atoms with Gasteiger partial charge >= 0.3 is 0 Å². The summed E-state index contributed by atoms with van der Waals surface area (Å²) in [6.45, 7) is 3.88. The number of unbranched alkanes of at least 4 members (excludes halogenated alkanes) is 3.